The Hall–Kier alpha value is -3.97. The number of carbonyl (C=O) groups excluding carboxylic acids is 1. The number of carbonyl (C=O) groups is 1. The van der Waals surface area contributed by atoms with Gasteiger partial charge in [-0.15, -0.1) is 0 Å². The molecule has 0 radical (unpaired) electrons. The maximum atomic E-state index is 15.7. The number of benzene rings is 2. The monoisotopic (exact) mass is 633 g/mol. The number of likely N-dealkylation sites (tertiary alicyclic amines) is 1. The predicted octanol–water partition coefficient (Wildman–Crippen LogP) is 6.03. The summed E-state index contributed by atoms with van der Waals surface area (Å²) < 4.78 is 66.3. The van der Waals surface area contributed by atoms with E-state index in [9.17, 15) is 23.1 Å². The van der Waals surface area contributed by atoms with Gasteiger partial charge in [0.2, 0.25) is 5.82 Å². The Morgan fingerprint density at radius 2 is 1.78 bits per heavy atom. The fourth-order valence-electron chi connectivity index (χ4n) is 4.92. The van der Waals surface area contributed by atoms with Crippen molar-refractivity contribution in [3.05, 3.63) is 83.4 Å². The Morgan fingerprint density at radius 1 is 1.09 bits per heavy atom. The van der Waals surface area contributed by atoms with E-state index in [1.165, 1.54) is 23.4 Å². The van der Waals surface area contributed by atoms with Crippen LogP contribution in [0.5, 0.6) is 0 Å². The van der Waals surface area contributed by atoms with E-state index in [2.05, 4.69) is 15.3 Å². The van der Waals surface area contributed by atoms with Crippen molar-refractivity contribution in [2.75, 3.05) is 36.4 Å². The summed E-state index contributed by atoms with van der Waals surface area (Å²) in [5.74, 6) is -0.975. The van der Waals surface area contributed by atoms with Gasteiger partial charge in [-0.05, 0) is 57.4 Å². The van der Waals surface area contributed by atoms with Gasteiger partial charge in [-0.1, -0.05) is 42.5 Å². The topological polar surface area (TPSA) is 100 Å². The van der Waals surface area contributed by atoms with Crippen LogP contribution in [-0.4, -0.2) is 69.6 Å². The van der Waals surface area contributed by atoms with Crippen LogP contribution in [0.3, 0.4) is 0 Å². The lowest BCUT2D eigenvalue weighted by molar-refractivity contribution is -0.142. The third-order valence-corrected chi connectivity index (χ3v) is 7.41. The van der Waals surface area contributed by atoms with Crippen molar-refractivity contribution in [2.45, 2.75) is 70.7 Å². The average Bonchev–Trinajstić information content (AvgIpc) is 2.98. The van der Waals surface area contributed by atoms with Gasteiger partial charge in [-0.2, -0.15) is 17.6 Å². The Labute approximate surface area is 260 Å². The summed E-state index contributed by atoms with van der Waals surface area (Å²) in [6.45, 7) is 7.78. The summed E-state index contributed by atoms with van der Waals surface area (Å²) in [6, 6.07) is 14.0. The van der Waals surface area contributed by atoms with E-state index in [1.54, 1.807) is 32.6 Å². The number of rotatable bonds is 10. The predicted molar refractivity (Wildman–Crippen MR) is 161 cm³/mol. The Kier molecular flexibility index (Phi) is 10.5. The molecule has 0 aliphatic carbocycles. The van der Waals surface area contributed by atoms with Crippen LogP contribution in [0.15, 0.2) is 60.9 Å². The summed E-state index contributed by atoms with van der Waals surface area (Å²) in [4.78, 5) is 24.0. The van der Waals surface area contributed by atoms with E-state index in [4.69, 9.17) is 9.47 Å². The molecule has 45 heavy (non-hydrogen) atoms. The Bertz CT molecular complexity index is 1420. The molecule has 1 amide bonds. The van der Waals surface area contributed by atoms with Crippen LogP contribution in [0, 0.1) is 5.82 Å². The van der Waals surface area contributed by atoms with Crippen molar-refractivity contribution in [1.82, 2.24) is 14.9 Å². The second kappa shape index (κ2) is 14.0. The summed E-state index contributed by atoms with van der Waals surface area (Å²) in [5.41, 5.74) is -1.55. The molecule has 0 bridgehead atoms. The van der Waals surface area contributed by atoms with Crippen molar-refractivity contribution in [2.24, 2.45) is 0 Å². The molecule has 244 valence electrons. The first-order valence-corrected chi connectivity index (χ1v) is 14.7. The number of nitrogens with zero attached hydrogens (tertiary/aromatic N) is 4. The molecular formula is C32H39F4N5O4. The van der Waals surface area contributed by atoms with Gasteiger partial charge in [0.15, 0.2) is 11.6 Å². The lowest BCUT2D eigenvalue weighted by Crippen LogP contribution is -2.61. The number of piperidine rings is 1. The smallest absolute Gasteiger partial charge is 0.416 e. The van der Waals surface area contributed by atoms with E-state index in [-0.39, 0.29) is 50.8 Å². The lowest BCUT2D eigenvalue weighted by atomic mass is 9.88. The first kappa shape index (κ1) is 33.9. The SMILES string of the molecule is CCN(Cc1ccc(C(F)(F)F)cc1)c1ncnc(NCC2(O)CCN(C(=O)OC(C)(C)C)CC2OCc2ccccc2)c1F. The van der Waals surface area contributed by atoms with Crippen LogP contribution in [-0.2, 0) is 28.8 Å². The summed E-state index contributed by atoms with van der Waals surface area (Å²) in [5, 5.41) is 14.7. The quantitative estimate of drug-likeness (QED) is 0.261. The molecule has 2 atom stereocenters. The average molecular weight is 634 g/mol. The van der Waals surface area contributed by atoms with Crippen LogP contribution in [0.1, 0.15) is 50.8 Å². The number of nitrogens with one attached hydrogen (secondary N) is 1. The molecule has 2 aromatic carbocycles. The van der Waals surface area contributed by atoms with E-state index in [1.807, 2.05) is 30.3 Å². The first-order chi connectivity index (χ1) is 21.2. The van der Waals surface area contributed by atoms with Gasteiger partial charge in [0.1, 0.15) is 23.6 Å². The van der Waals surface area contributed by atoms with Crippen LogP contribution in [0.4, 0.5) is 34.0 Å². The second-order valence-corrected chi connectivity index (χ2v) is 12.0. The molecule has 0 saturated carbocycles. The molecule has 2 heterocycles. The highest BCUT2D eigenvalue weighted by Crippen LogP contribution is 2.31. The number of hydrogen-bond donors (Lipinski definition) is 2. The van der Waals surface area contributed by atoms with Gasteiger partial charge in [0.25, 0.3) is 0 Å². The van der Waals surface area contributed by atoms with Crippen molar-refractivity contribution in [3.63, 3.8) is 0 Å². The minimum Gasteiger partial charge on any atom is -0.444 e. The zero-order valence-corrected chi connectivity index (χ0v) is 25.8. The minimum absolute atomic E-state index is 0.0430. The molecule has 2 N–H and O–H groups in total. The van der Waals surface area contributed by atoms with E-state index in [0.29, 0.717) is 12.1 Å². The number of halogens is 4. The van der Waals surface area contributed by atoms with Gasteiger partial charge < -0.3 is 29.7 Å². The fraction of sp³-hybridized carbons (Fsp3) is 0.469. The number of aliphatic hydroxyl groups is 1. The van der Waals surface area contributed by atoms with Gasteiger partial charge >= 0.3 is 12.3 Å². The van der Waals surface area contributed by atoms with Crippen molar-refractivity contribution >= 4 is 17.7 Å². The van der Waals surface area contributed by atoms with Crippen LogP contribution in [0.25, 0.3) is 0 Å². The number of amides is 1. The maximum absolute atomic E-state index is 15.7. The van der Waals surface area contributed by atoms with Gasteiger partial charge in [0.05, 0.1) is 18.7 Å². The largest absolute Gasteiger partial charge is 0.444 e. The van der Waals surface area contributed by atoms with Gasteiger partial charge in [-0.3, -0.25) is 0 Å². The standard InChI is InChI=1S/C32H39F4N5O4/c1-5-40(17-22-11-13-24(14-12-22)32(34,35)36)28-26(33)27(38-21-39-28)37-20-31(43)15-16-41(29(42)45-30(2,3)4)18-25(31)44-19-23-9-7-6-8-10-23/h6-14,21,25,43H,5,15-20H2,1-4H3,(H,37,38,39). The molecule has 3 aromatic rings. The van der Waals surface area contributed by atoms with Gasteiger partial charge in [-0.25, -0.2) is 14.8 Å². The molecule has 9 nitrogen and oxygen atoms in total. The molecule has 1 fully saturated rings. The van der Waals surface area contributed by atoms with Crippen LogP contribution >= 0.6 is 0 Å². The minimum atomic E-state index is -4.45. The van der Waals surface area contributed by atoms with Crippen molar-refractivity contribution in [1.29, 1.82) is 0 Å². The van der Waals surface area contributed by atoms with E-state index in [0.717, 1.165) is 17.7 Å². The second-order valence-electron chi connectivity index (χ2n) is 12.0. The summed E-state index contributed by atoms with van der Waals surface area (Å²) in [6.07, 6.45) is -4.53. The summed E-state index contributed by atoms with van der Waals surface area (Å²) >= 11 is 0. The third kappa shape index (κ3) is 9.04. The molecule has 1 aliphatic rings. The molecule has 1 saturated heterocycles. The molecule has 0 spiro atoms. The highest BCUT2D eigenvalue weighted by molar-refractivity contribution is 5.68. The zero-order valence-electron chi connectivity index (χ0n) is 25.8. The third-order valence-electron chi connectivity index (χ3n) is 7.41. The number of ether oxygens (including phenoxy) is 2. The lowest BCUT2D eigenvalue weighted by Gasteiger charge is -2.44. The number of aromatic nitrogens is 2. The van der Waals surface area contributed by atoms with Crippen LogP contribution < -0.4 is 10.2 Å². The fourth-order valence-corrected chi connectivity index (χ4v) is 4.92. The molecule has 2 unspecified atom stereocenters. The van der Waals surface area contributed by atoms with Crippen LogP contribution in [0.2, 0.25) is 0 Å². The molecule has 1 aromatic heterocycles. The Balaban J connectivity index is 1.49. The molecule has 13 heteroatoms. The van der Waals surface area contributed by atoms with E-state index < -0.39 is 41.0 Å². The normalized spacial score (nSPS) is 18.9. The number of anilines is 2. The molecular weight excluding hydrogens is 594 g/mol. The zero-order chi connectivity index (χ0) is 32.8. The Morgan fingerprint density at radius 3 is 2.40 bits per heavy atom. The van der Waals surface area contributed by atoms with E-state index >= 15 is 4.39 Å². The maximum Gasteiger partial charge on any atom is 0.416 e. The highest BCUT2D eigenvalue weighted by atomic mass is 19.4. The van der Waals surface area contributed by atoms with Crippen molar-refractivity contribution in [3.8, 4) is 0 Å². The first-order valence-electron chi connectivity index (χ1n) is 14.7. The number of hydrogen-bond acceptors (Lipinski definition) is 8. The molecule has 4 rings (SSSR count). The molecule has 1 aliphatic heterocycles. The number of alkyl halides is 3. The highest BCUT2D eigenvalue weighted by Gasteiger charge is 2.44. The summed E-state index contributed by atoms with van der Waals surface area (Å²) in [7, 11) is 0. The van der Waals surface area contributed by atoms with Gasteiger partial charge in [0, 0.05) is 26.2 Å². The van der Waals surface area contributed by atoms with Crippen molar-refractivity contribution < 1.29 is 36.9 Å².